The van der Waals surface area contributed by atoms with Crippen LogP contribution in [0.4, 0.5) is 0 Å². The highest BCUT2D eigenvalue weighted by Crippen LogP contribution is 2.26. The molecule has 0 atom stereocenters. The SMILES string of the molecule is O=C(O)c1nc2cc(Cl)ccn2c1-c1ccccc1. The molecule has 0 bridgehead atoms. The molecule has 1 aromatic carbocycles. The van der Waals surface area contributed by atoms with E-state index in [-0.39, 0.29) is 5.69 Å². The van der Waals surface area contributed by atoms with Crippen LogP contribution in [0.5, 0.6) is 0 Å². The molecule has 3 aromatic rings. The average molecular weight is 273 g/mol. The van der Waals surface area contributed by atoms with Crippen LogP contribution in [0.3, 0.4) is 0 Å². The maximum atomic E-state index is 11.3. The molecule has 2 heterocycles. The van der Waals surface area contributed by atoms with E-state index in [0.717, 1.165) is 5.56 Å². The van der Waals surface area contributed by atoms with Crippen LogP contribution in [0.1, 0.15) is 10.5 Å². The van der Waals surface area contributed by atoms with Crippen LogP contribution in [0.15, 0.2) is 48.7 Å². The Hall–Kier alpha value is -2.33. The number of benzene rings is 1. The highest BCUT2D eigenvalue weighted by Gasteiger charge is 2.19. The summed E-state index contributed by atoms with van der Waals surface area (Å²) >= 11 is 5.91. The fourth-order valence-electron chi connectivity index (χ4n) is 2.04. The Morgan fingerprint density at radius 3 is 2.63 bits per heavy atom. The van der Waals surface area contributed by atoms with E-state index in [9.17, 15) is 9.90 Å². The first kappa shape index (κ1) is 11.7. The first-order valence-electron chi connectivity index (χ1n) is 5.63. The number of aromatic nitrogens is 2. The maximum Gasteiger partial charge on any atom is 0.356 e. The van der Waals surface area contributed by atoms with Crippen molar-refractivity contribution in [2.24, 2.45) is 0 Å². The van der Waals surface area contributed by atoms with Crippen LogP contribution < -0.4 is 0 Å². The van der Waals surface area contributed by atoms with Crippen molar-refractivity contribution in [3.8, 4) is 11.3 Å². The number of nitrogens with zero attached hydrogens (tertiary/aromatic N) is 2. The van der Waals surface area contributed by atoms with Gasteiger partial charge in [0.25, 0.3) is 0 Å². The smallest absolute Gasteiger partial charge is 0.356 e. The number of carboxylic acids is 1. The first-order valence-corrected chi connectivity index (χ1v) is 6.01. The van der Waals surface area contributed by atoms with Gasteiger partial charge in [-0.25, -0.2) is 9.78 Å². The Balaban J connectivity index is 2.38. The van der Waals surface area contributed by atoms with E-state index in [1.54, 1.807) is 22.7 Å². The number of pyridine rings is 1. The van der Waals surface area contributed by atoms with Crippen molar-refractivity contribution < 1.29 is 9.90 Å². The third kappa shape index (κ3) is 1.96. The molecule has 0 aliphatic carbocycles. The quantitative estimate of drug-likeness (QED) is 0.778. The highest BCUT2D eigenvalue weighted by atomic mass is 35.5. The van der Waals surface area contributed by atoms with E-state index in [4.69, 9.17) is 11.6 Å². The van der Waals surface area contributed by atoms with Crippen LogP contribution in [0.2, 0.25) is 5.02 Å². The molecule has 0 saturated carbocycles. The van der Waals surface area contributed by atoms with E-state index in [1.807, 2.05) is 30.3 Å². The van der Waals surface area contributed by atoms with Crippen molar-refractivity contribution in [2.75, 3.05) is 0 Å². The summed E-state index contributed by atoms with van der Waals surface area (Å²) in [5.74, 6) is -1.06. The maximum absolute atomic E-state index is 11.3. The molecular formula is C14H9ClN2O2. The number of rotatable bonds is 2. The van der Waals surface area contributed by atoms with E-state index >= 15 is 0 Å². The number of carbonyl (C=O) groups is 1. The summed E-state index contributed by atoms with van der Waals surface area (Å²) in [5, 5.41) is 9.81. The number of carboxylic acid groups (broad SMARTS) is 1. The van der Waals surface area contributed by atoms with Gasteiger partial charge in [-0.3, -0.25) is 4.40 Å². The number of hydrogen-bond acceptors (Lipinski definition) is 2. The molecule has 3 rings (SSSR count). The van der Waals surface area contributed by atoms with Crippen molar-refractivity contribution in [1.82, 2.24) is 9.38 Å². The first-order chi connectivity index (χ1) is 9.16. The molecule has 0 fully saturated rings. The molecule has 19 heavy (non-hydrogen) atoms. The Morgan fingerprint density at radius 2 is 1.95 bits per heavy atom. The van der Waals surface area contributed by atoms with Crippen LogP contribution >= 0.6 is 11.6 Å². The third-order valence-corrected chi connectivity index (χ3v) is 3.07. The van der Waals surface area contributed by atoms with Crippen molar-refractivity contribution in [3.63, 3.8) is 0 Å². The van der Waals surface area contributed by atoms with Gasteiger partial charge in [-0.15, -0.1) is 0 Å². The van der Waals surface area contributed by atoms with Crippen LogP contribution in [0.25, 0.3) is 16.9 Å². The molecule has 2 aromatic heterocycles. The second-order valence-corrected chi connectivity index (χ2v) is 4.49. The highest BCUT2D eigenvalue weighted by molar-refractivity contribution is 6.30. The molecule has 4 nitrogen and oxygen atoms in total. The Labute approximate surface area is 113 Å². The molecule has 0 aliphatic rings. The zero-order valence-electron chi connectivity index (χ0n) is 9.75. The van der Waals surface area contributed by atoms with E-state index in [0.29, 0.717) is 16.4 Å². The standard InChI is InChI=1S/C14H9ClN2O2/c15-10-6-7-17-11(8-10)16-12(14(18)19)13(17)9-4-2-1-3-5-9/h1-8H,(H,18,19). The lowest BCUT2D eigenvalue weighted by Gasteiger charge is -2.03. The second-order valence-electron chi connectivity index (χ2n) is 4.05. The normalized spacial score (nSPS) is 10.8. The number of aromatic carboxylic acids is 1. The summed E-state index contributed by atoms with van der Waals surface area (Å²) in [6.45, 7) is 0. The zero-order chi connectivity index (χ0) is 13.4. The number of fused-ring (bicyclic) bond motifs is 1. The number of hydrogen-bond donors (Lipinski definition) is 1. The van der Waals surface area contributed by atoms with Gasteiger partial charge in [0.2, 0.25) is 0 Å². The summed E-state index contributed by atoms with van der Waals surface area (Å²) in [7, 11) is 0. The lowest BCUT2D eigenvalue weighted by atomic mass is 10.1. The monoisotopic (exact) mass is 272 g/mol. The summed E-state index contributed by atoms with van der Waals surface area (Å²) in [4.78, 5) is 15.5. The predicted molar refractivity (Wildman–Crippen MR) is 72.6 cm³/mol. The van der Waals surface area contributed by atoms with Crippen molar-refractivity contribution in [2.45, 2.75) is 0 Å². The van der Waals surface area contributed by atoms with E-state index in [1.165, 1.54) is 0 Å². The average Bonchev–Trinajstić information content (AvgIpc) is 2.78. The largest absolute Gasteiger partial charge is 0.476 e. The van der Waals surface area contributed by atoms with E-state index < -0.39 is 5.97 Å². The summed E-state index contributed by atoms with van der Waals surface area (Å²) in [6, 6.07) is 12.6. The topological polar surface area (TPSA) is 54.6 Å². The molecule has 0 radical (unpaired) electrons. The van der Waals surface area contributed by atoms with Gasteiger partial charge in [-0.05, 0) is 6.07 Å². The molecule has 0 aliphatic heterocycles. The number of imidazole rings is 1. The number of halogens is 1. The zero-order valence-corrected chi connectivity index (χ0v) is 10.5. The van der Waals surface area contributed by atoms with Gasteiger partial charge in [0.15, 0.2) is 5.69 Å². The van der Waals surface area contributed by atoms with Gasteiger partial charge in [-0.2, -0.15) is 0 Å². The van der Waals surface area contributed by atoms with Gasteiger partial charge in [-0.1, -0.05) is 41.9 Å². The second kappa shape index (κ2) is 4.40. The Bertz CT molecular complexity index is 766. The molecule has 94 valence electrons. The Kier molecular flexibility index (Phi) is 2.72. The van der Waals surface area contributed by atoms with Crippen LogP contribution in [-0.2, 0) is 0 Å². The fraction of sp³-hybridized carbons (Fsp3) is 0. The summed E-state index contributed by atoms with van der Waals surface area (Å²) < 4.78 is 1.73. The molecule has 0 amide bonds. The van der Waals surface area contributed by atoms with Gasteiger partial charge in [0.05, 0.1) is 5.69 Å². The molecule has 5 heteroatoms. The summed E-state index contributed by atoms with van der Waals surface area (Å²) in [5.41, 5.74) is 1.90. The summed E-state index contributed by atoms with van der Waals surface area (Å²) in [6.07, 6.45) is 1.72. The van der Waals surface area contributed by atoms with Gasteiger partial charge in [0.1, 0.15) is 5.65 Å². The van der Waals surface area contributed by atoms with Crippen molar-refractivity contribution >= 4 is 23.2 Å². The van der Waals surface area contributed by atoms with Crippen LogP contribution in [-0.4, -0.2) is 20.5 Å². The minimum Gasteiger partial charge on any atom is -0.476 e. The van der Waals surface area contributed by atoms with Gasteiger partial charge < -0.3 is 5.11 Å². The molecule has 1 N–H and O–H groups in total. The molecule has 0 spiro atoms. The molecule has 0 unspecified atom stereocenters. The van der Waals surface area contributed by atoms with Crippen molar-refractivity contribution in [1.29, 1.82) is 0 Å². The molecule has 0 saturated heterocycles. The fourth-order valence-corrected chi connectivity index (χ4v) is 2.19. The van der Waals surface area contributed by atoms with Crippen LogP contribution in [0, 0.1) is 0 Å². The molecular weight excluding hydrogens is 264 g/mol. The van der Waals surface area contributed by atoms with Crippen molar-refractivity contribution in [3.05, 3.63) is 59.4 Å². The minimum atomic E-state index is -1.06. The third-order valence-electron chi connectivity index (χ3n) is 2.84. The lowest BCUT2D eigenvalue weighted by Crippen LogP contribution is -1.99. The Morgan fingerprint density at radius 1 is 1.21 bits per heavy atom. The minimum absolute atomic E-state index is 0.0217. The van der Waals surface area contributed by atoms with Gasteiger partial charge in [0, 0.05) is 22.8 Å². The predicted octanol–water partition coefficient (Wildman–Crippen LogP) is 3.35. The lowest BCUT2D eigenvalue weighted by molar-refractivity contribution is 0.0692. The van der Waals surface area contributed by atoms with Gasteiger partial charge >= 0.3 is 5.97 Å². The van der Waals surface area contributed by atoms with E-state index in [2.05, 4.69) is 4.98 Å².